The van der Waals surface area contributed by atoms with Gasteiger partial charge in [0.2, 0.25) is 0 Å². The summed E-state index contributed by atoms with van der Waals surface area (Å²) in [6.45, 7) is 0.582. The number of carbonyl (C=O) groups is 1. The van der Waals surface area contributed by atoms with E-state index in [9.17, 15) is 13.6 Å². The van der Waals surface area contributed by atoms with Crippen LogP contribution in [0.4, 0.5) is 8.78 Å². The van der Waals surface area contributed by atoms with Crippen molar-refractivity contribution in [2.45, 2.75) is 13.2 Å². The molecule has 0 radical (unpaired) electrons. The Morgan fingerprint density at radius 1 is 1.00 bits per heavy atom. The van der Waals surface area contributed by atoms with E-state index in [-0.39, 0.29) is 29.6 Å². The quantitative estimate of drug-likeness (QED) is 0.350. The summed E-state index contributed by atoms with van der Waals surface area (Å²) < 4.78 is 33.5. The lowest BCUT2D eigenvalue weighted by atomic mass is 10.2. The van der Waals surface area contributed by atoms with Crippen LogP contribution in [-0.4, -0.2) is 22.8 Å². The zero-order valence-corrected chi connectivity index (χ0v) is 18.1. The maximum Gasteiger partial charge on any atom is 0.273 e. The molecule has 7 heteroatoms. The summed E-state index contributed by atoms with van der Waals surface area (Å²) in [4.78, 5) is 18.6. The number of thiazole rings is 1. The van der Waals surface area contributed by atoms with Crippen LogP contribution in [0.3, 0.4) is 0 Å². The average molecular weight is 451 g/mol. The van der Waals surface area contributed by atoms with E-state index in [1.165, 1.54) is 29.5 Å². The van der Waals surface area contributed by atoms with Gasteiger partial charge in [-0.15, -0.1) is 11.3 Å². The first-order valence-corrected chi connectivity index (χ1v) is 10.8. The summed E-state index contributed by atoms with van der Waals surface area (Å²) in [6.07, 6.45) is 0. The van der Waals surface area contributed by atoms with E-state index in [0.717, 1.165) is 5.56 Å². The molecule has 0 bridgehead atoms. The first-order chi connectivity index (χ1) is 15.5. The van der Waals surface area contributed by atoms with Crippen LogP contribution in [0.1, 0.15) is 21.6 Å². The van der Waals surface area contributed by atoms with Crippen LogP contribution in [0.5, 0.6) is 5.75 Å². The Bertz CT molecular complexity index is 1230. The van der Waals surface area contributed by atoms with Crippen molar-refractivity contribution in [2.24, 2.45) is 0 Å². The first kappa shape index (κ1) is 21.6. The molecular formula is C25H20F2N2O2S. The molecule has 1 aromatic heterocycles. The van der Waals surface area contributed by atoms with Crippen molar-refractivity contribution >= 4 is 17.2 Å². The molecule has 162 valence electrons. The van der Waals surface area contributed by atoms with E-state index in [1.54, 1.807) is 41.6 Å². The SMILES string of the molecule is CN(Cc1ccccc1)C(=O)c1csc(-c2ccc(OCc3cccc(F)c3)cc2F)n1. The number of hydrogen-bond acceptors (Lipinski definition) is 4. The third kappa shape index (κ3) is 5.18. The molecule has 0 aliphatic carbocycles. The molecule has 0 N–H and O–H groups in total. The van der Waals surface area contributed by atoms with Crippen LogP contribution in [-0.2, 0) is 13.2 Å². The number of amides is 1. The number of rotatable bonds is 7. The van der Waals surface area contributed by atoms with Crippen LogP contribution in [0.25, 0.3) is 10.6 Å². The average Bonchev–Trinajstić information content (AvgIpc) is 3.28. The Morgan fingerprint density at radius 2 is 1.78 bits per heavy atom. The summed E-state index contributed by atoms with van der Waals surface area (Å²) in [7, 11) is 1.71. The maximum absolute atomic E-state index is 14.7. The van der Waals surface area contributed by atoms with Gasteiger partial charge < -0.3 is 9.64 Å². The molecule has 0 saturated carbocycles. The van der Waals surface area contributed by atoms with Crippen molar-refractivity contribution in [1.82, 2.24) is 9.88 Å². The molecule has 0 fully saturated rings. The van der Waals surface area contributed by atoms with Gasteiger partial charge in [0, 0.05) is 30.6 Å². The molecular weight excluding hydrogens is 430 g/mol. The predicted molar refractivity (Wildman–Crippen MR) is 120 cm³/mol. The second kappa shape index (κ2) is 9.70. The lowest BCUT2D eigenvalue weighted by molar-refractivity contribution is 0.0780. The number of ether oxygens (including phenoxy) is 1. The molecule has 1 heterocycles. The number of aromatic nitrogens is 1. The summed E-state index contributed by atoms with van der Waals surface area (Å²) in [5, 5.41) is 2.04. The number of hydrogen-bond donors (Lipinski definition) is 0. The molecule has 0 spiro atoms. The minimum atomic E-state index is -0.507. The van der Waals surface area contributed by atoms with E-state index < -0.39 is 5.82 Å². The summed E-state index contributed by atoms with van der Waals surface area (Å²) in [5.41, 5.74) is 2.22. The lowest BCUT2D eigenvalue weighted by Crippen LogP contribution is -2.26. The highest BCUT2D eigenvalue weighted by Crippen LogP contribution is 2.29. The molecule has 0 aliphatic rings. The van der Waals surface area contributed by atoms with E-state index in [4.69, 9.17) is 4.74 Å². The molecule has 3 aromatic carbocycles. The highest BCUT2D eigenvalue weighted by Gasteiger charge is 2.18. The highest BCUT2D eigenvalue weighted by molar-refractivity contribution is 7.13. The molecule has 4 nitrogen and oxygen atoms in total. The Hall–Kier alpha value is -3.58. The molecule has 1 amide bonds. The fraction of sp³-hybridized carbons (Fsp3) is 0.120. The fourth-order valence-electron chi connectivity index (χ4n) is 3.17. The van der Waals surface area contributed by atoms with Gasteiger partial charge in [0.1, 0.15) is 34.7 Å². The van der Waals surface area contributed by atoms with Crippen LogP contribution in [0, 0.1) is 11.6 Å². The maximum atomic E-state index is 14.7. The summed E-state index contributed by atoms with van der Waals surface area (Å²) in [6, 6.07) is 20.2. The minimum absolute atomic E-state index is 0.125. The molecule has 0 unspecified atom stereocenters. The molecule has 0 atom stereocenters. The molecule has 32 heavy (non-hydrogen) atoms. The molecule has 4 rings (SSSR count). The molecule has 4 aromatic rings. The van der Waals surface area contributed by atoms with Crippen molar-refractivity contribution in [3.05, 3.63) is 107 Å². The number of nitrogens with zero attached hydrogens (tertiary/aromatic N) is 2. The standard InChI is InChI=1S/C25H20F2N2O2S/c1-29(14-17-6-3-2-4-7-17)25(30)23-16-32-24(28-23)21-11-10-20(13-22(21)27)31-15-18-8-5-9-19(26)12-18/h2-13,16H,14-15H2,1H3. The van der Waals surface area contributed by atoms with Gasteiger partial charge in [-0.25, -0.2) is 13.8 Å². The summed E-state index contributed by atoms with van der Waals surface area (Å²) >= 11 is 1.21. The monoisotopic (exact) mass is 450 g/mol. The van der Waals surface area contributed by atoms with E-state index in [2.05, 4.69) is 4.98 Å². The zero-order valence-electron chi connectivity index (χ0n) is 17.3. The van der Waals surface area contributed by atoms with Gasteiger partial charge in [0.15, 0.2) is 0 Å². The zero-order chi connectivity index (χ0) is 22.5. The van der Waals surface area contributed by atoms with Gasteiger partial charge in [0.25, 0.3) is 5.91 Å². The predicted octanol–water partition coefficient (Wildman–Crippen LogP) is 5.94. The van der Waals surface area contributed by atoms with Gasteiger partial charge in [-0.2, -0.15) is 0 Å². The Morgan fingerprint density at radius 3 is 2.53 bits per heavy atom. The fourth-order valence-corrected chi connectivity index (χ4v) is 3.99. The van der Waals surface area contributed by atoms with Crippen LogP contribution in [0.15, 0.2) is 78.2 Å². The van der Waals surface area contributed by atoms with Crippen molar-refractivity contribution < 1.29 is 18.3 Å². The summed E-state index contributed by atoms with van der Waals surface area (Å²) in [5.74, 6) is -0.762. The normalized spacial score (nSPS) is 10.7. The van der Waals surface area contributed by atoms with Crippen LogP contribution in [0.2, 0.25) is 0 Å². The topological polar surface area (TPSA) is 42.4 Å². The Kier molecular flexibility index (Phi) is 6.56. The van der Waals surface area contributed by atoms with Crippen molar-refractivity contribution in [1.29, 1.82) is 0 Å². The van der Waals surface area contributed by atoms with Gasteiger partial charge in [-0.1, -0.05) is 42.5 Å². The first-order valence-electron chi connectivity index (χ1n) is 9.91. The second-order valence-electron chi connectivity index (χ2n) is 7.24. The molecule has 0 saturated heterocycles. The number of benzene rings is 3. The van der Waals surface area contributed by atoms with Gasteiger partial charge >= 0.3 is 0 Å². The molecule has 0 aliphatic heterocycles. The smallest absolute Gasteiger partial charge is 0.273 e. The van der Waals surface area contributed by atoms with Crippen molar-refractivity contribution in [3.8, 4) is 16.3 Å². The van der Waals surface area contributed by atoms with Crippen molar-refractivity contribution in [3.63, 3.8) is 0 Å². The Labute approximate surface area is 188 Å². The van der Waals surface area contributed by atoms with E-state index >= 15 is 0 Å². The lowest BCUT2D eigenvalue weighted by Gasteiger charge is -2.15. The van der Waals surface area contributed by atoms with E-state index in [0.29, 0.717) is 22.9 Å². The third-order valence-corrected chi connectivity index (χ3v) is 5.67. The minimum Gasteiger partial charge on any atom is -0.489 e. The third-order valence-electron chi connectivity index (χ3n) is 4.80. The number of carbonyl (C=O) groups excluding carboxylic acids is 1. The van der Waals surface area contributed by atoms with E-state index in [1.807, 2.05) is 30.3 Å². The largest absolute Gasteiger partial charge is 0.489 e. The van der Waals surface area contributed by atoms with Gasteiger partial charge in [0.05, 0.1) is 0 Å². The number of halogens is 2. The highest BCUT2D eigenvalue weighted by atomic mass is 32.1. The van der Waals surface area contributed by atoms with Crippen LogP contribution < -0.4 is 4.74 Å². The van der Waals surface area contributed by atoms with Crippen molar-refractivity contribution in [2.75, 3.05) is 7.05 Å². The Balaban J connectivity index is 1.43. The second-order valence-corrected chi connectivity index (χ2v) is 8.10. The van der Waals surface area contributed by atoms with Gasteiger partial charge in [-0.3, -0.25) is 4.79 Å². The van der Waals surface area contributed by atoms with Gasteiger partial charge in [-0.05, 0) is 35.4 Å². The van der Waals surface area contributed by atoms with Crippen LogP contribution >= 0.6 is 11.3 Å².